The van der Waals surface area contributed by atoms with Gasteiger partial charge < -0.3 is 15.2 Å². The first kappa shape index (κ1) is 14.5. The van der Waals surface area contributed by atoms with E-state index >= 15 is 0 Å². The second kappa shape index (κ2) is 6.15. The molecular formula is C11H19NO4. The molecule has 0 bridgehead atoms. The van der Waals surface area contributed by atoms with Crippen molar-refractivity contribution in [1.29, 1.82) is 0 Å². The van der Waals surface area contributed by atoms with Crippen molar-refractivity contribution < 1.29 is 19.4 Å². The fourth-order valence-electron chi connectivity index (χ4n) is 0.943. The van der Waals surface area contributed by atoms with Crippen LogP contribution in [0.1, 0.15) is 34.1 Å². The number of hydrogen-bond acceptors (Lipinski definition) is 3. The monoisotopic (exact) mass is 229 g/mol. The van der Waals surface area contributed by atoms with Gasteiger partial charge in [0.1, 0.15) is 11.6 Å². The zero-order valence-electron chi connectivity index (χ0n) is 10.1. The molecule has 0 radical (unpaired) electrons. The van der Waals surface area contributed by atoms with Gasteiger partial charge in [-0.05, 0) is 34.1 Å². The second-order valence-electron chi connectivity index (χ2n) is 4.34. The minimum atomic E-state index is -1.08. The highest BCUT2D eigenvalue weighted by Crippen LogP contribution is 2.07. The van der Waals surface area contributed by atoms with Crippen LogP contribution in [-0.2, 0) is 9.53 Å². The Balaban J connectivity index is 4.29. The van der Waals surface area contributed by atoms with E-state index in [0.29, 0.717) is 0 Å². The molecule has 0 aliphatic rings. The molecule has 2 N–H and O–H groups in total. The summed E-state index contributed by atoms with van der Waals surface area (Å²) in [5, 5.41) is 11.1. The van der Waals surface area contributed by atoms with Crippen molar-refractivity contribution in [2.75, 3.05) is 0 Å². The van der Waals surface area contributed by atoms with E-state index in [-0.39, 0.29) is 6.42 Å². The predicted molar refractivity (Wildman–Crippen MR) is 60.2 cm³/mol. The molecule has 0 aromatic heterocycles. The molecule has 16 heavy (non-hydrogen) atoms. The Morgan fingerprint density at radius 3 is 2.38 bits per heavy atom. The number of aliphatic carboxylic acids is 1. The molecule has 0 aliphatic heterocycles. The number of carbonyl (C=O) groups excluding carboxylic acids is 1. The number of rotatable bonds is 4. The minimum absolute atomic E-state index is 0.241. The molecule has 0 aliphatic carbocycles. The standard InChI is InChI=1S/C11H19NO4/c1-5-6-7-8(9(13)14)12-10(15)16-11(2,3)4/h5-6,8H,7H2,1-4H3,(H,12,15)(H,13,14)/b6-5-/t8-/m0/s1. The van der Waals surface area contributed by atoms with E-state index in [1.165, 1.54) is 0 Å². The number of amides is 1. The molecule has 0 unspecified atom stereocenters. The third-order valence-corrected chi connectivity index (χ3v) is 1.60. The summed E-state index contributed by atoms with van der Waals surface area (Å²) in [4.78, 5) is 22.1. The van der Waals surface area contributed by atoms with Gasteiger partial charge in [-0.3, -0.25) is 0 Å². The van der Waals surface area contributed by atoms with E-state index in [1.54, 1.807) is 39.8 Å². The van der Waals surface area contributed by atoms with Gasteiger partial charge in [0.15, 0.2) is 0 Å². The summed E-state index contributed by atoms with van der Waals surface area (Å²) in [5.41, 5.74) is -0.631. The molecule has 0 heterocycles. The van der Waals surface area contributed by atoms with Gasteiger partial charge in [-0.2, -0.15) is 0 Å². The summed E-state index contributed by atoms with van der Waals surface area (Å²) in [6.45, 7) is 6.93. The van der Waals surface area contributed by atoms with Crippen molar-refractivity contribution in [3.63, 3.8) is 0 Å². The number of hydrogen-bond donors (Lipinski definition) is 2. The Labute approximate surface area is 95.5 Å². The molecule has 0 saturated heterocycles. The van der Waals surface area contributed by atoms with E-state index in [9.17, 15) is 9.59 Å². The highest BCUT2D eigenvalue weighted by Gasteiger charge is 2.22. The topological polar surface area (TPSA) is 75.6 Å². The Kier molecular flexibility index (Phi) is 5.56. The van der Waals surface area contributed by atoms with E-state index in [0.717, 1.165) is 0 Å². The summed E-state index contributed by atoms with van der Waals surface area (Å²) in [6.07, 6.45) is 2.93. The normalized spacial score (nSPS) is 13.5. The van der Waals surface area contributed by atoms with Crippen LogP contribution in [0.15, 0.2) is 12.2 Å². The lowest BCUT2D eigenvalue weighted by molar-refractivity contribution is -0.139. The van der Waals surface area contributed by atoms with Gasteiger partial charge in [0.05, 0.1) is 0 Å². The van der Waals surface area contributed by atoms with Crippen molar-refractivity contribution >= 4 is 12.1 Å². The van der Waals surface area contributed by atoms with Gasteiger partial charge in [-0.1, -0.05) is 12.2 Å². The fourth-order valence-corrected chi connectivity index (χ4v) is 0.943. The van der Waals surface area contributed by atoms with E-state index in [2.05, 4.69) is 5.32 Å². The average molecular weight is 229 g/mol. The third-order valence-electron chi connectivity index (χ3n) is 1.60. The van der Waals surface area contributed by atoms with Gasteiger partial charge >= 0.3 is 12.1 Å². The van der Waals surface area contributed by atoms with Gasteiger partial charge in [-0.25, -0.2) is 9.59 Å². The van der Waals surface area contributed by atoms with Gasteiger partial charge in [0.2, 0.25) is 0 Å². The maximum absolute atomic E-state index is 11.3. The molecule has 0 fully saturated rings. The summed E-state index contributed by atoms with van der Waals surface area (Å²) in [7, 11) is 0. The lowest BCUT2D eigenvalue weighted by Gasteiger charge is -2.21. The zero-order chi connectivity index (χ0) is 12.8. The number of alkyl carbamates (subject to hydrolysis) is 1. The smallest absolute Gasteiger partial charge is 0.408 e. The number of nitrogens with one attached hydrogen (secondary N) is 1. The van der Waals surface area contributed by atoms with Crippen molar-refractivity contribution in [1.82, 2.24) is 5.32 Å². The Morgan fingerprint density at radius 2 is 2.00 bits per heavy atom. The highest BCUT2D eigenvalue weighted by atomic mass is 16.6. The average Bonchev–Trinajstić information content (AvgIpc) is 2.08. The zero-order valence-corrected chi connectivity index (χ0v) is 10.1. The summed E-state index contributed by atoms with van der Waals surface area (Å²) in [5.74, 6) is -1.08. The van der Waals surface area contributed by atoms with Gasteiger partial charge in [0.25, 0.3) is 0 Å². The molecule has 92 valence electrons. The quantitative estimate of drug-likeness (QED) is 0.722. The van der Waals surface area contributed by atoms with Crippen LogP contribution < -0.4 is 5.32 Å². The second-order valence-corrected chi connectivity index (χ2v) is 4.34. The van der Waals surface area contributed by atoms with Gasteiger partial charge in [-0.15, -0.1) is 0 Å². The number of carboxylic acid groups (broad SMARTS) is 1. The van der Waals surface area contributed by atoms with Crippen LogP contribution in [0.4, 0.5) is 4.79 Å². The van der Waals surface area contributed by atoms with E-state index in [1.807, 2.05) is 0 Å². The lowest BCUT2D eigenvalue weighted by Crippen LogP contribution is -2.43. The lowest BCUT2D eigenvalue weighted by atomic mass is 10.2. The van der Waals surface area contributed by atoms with Crippen molar-refractivity contribution in [3.05, 3.63) is 12.2 Å². The van der Waals surface area contributed by atoms with Crippen LogP contribution >= 0.6 is 0 Å². The van der Waals surface area contributed by atoms with Crippen LogP contribution in [-0.4, -0.2) is 28.8 Å². The van der Waals surface area contributed by atoms with Crippen molar-refractivity contribution in [3.8, 4) is 0 Å². The molecule has 5 nitrogen and oxygen atoms in total. The van der Waals surface area contributed by atoms with Crippen LogP contribution in [0.3, 0.4) is 0 Å². The predicted octanol–water partition coefficient (Wildman–Crippen LogP) is 1.93. The number of allylic oxidation sites excluding steroid dienone is 1. The molecule has 1 atom stereocenters. The van der Waals surface area contributed by atoms with Crippen molar-refractivity contribution in [2.45, 2.75) is 45.8 Å². The van der Waals surface area contributed by atoms with Crippen LogP contribution in [0.2, 0.25) is 0 Å². The number of ether oxygens (including phenoxy) is 1. The van der Waals surface area contributed by atoms with Crippen LogP contribution in [0.25, 0.3) is 0 Å². The molecule has 0 aromatic rings. The first-order valence-electron chi connectivity index (χ1n) is 5.09. The summed E-state index contributed by atoms with van der Waals surface area (Å²) < 4.78 is 4.96. The number of carboxylic acids is 1. The Morgan fingerprint density at radius 1 is 1.44 bits per heavy atom. The Bertz CT molecular complexity index is 278. The fraction of sp³-hybridized carbons (Fsp3) is 0.636. The first-order valence-corrected chi connectivity index (χ1v) is 5.09. The molecule has 0 rings (SSSR count). The first-order chi connectivity index (χ1) is 7.26. The van der Waals surface area contributed by atoms with Crippen LogP contribution in [0.5, 0.6) is 0 Å². The molecular weight excluding hydrogens is 210 g/mol. The third kappa shape index (κ3) is 6.86. The molecule has 0 saturated carbocycles. The SMILES string of the molecule is C/C=C\C[C@H](NC(=O)OC(C)(C)C)C(=O)O. The largest absolute Gasteiger partial charge is 0.480 e. The molecule has 0 aromatic carbocycles. The molecule has 0 spiro atoms. The maximum atomic E-state index is 11.3. The molecule has 1 amide bonds. The number of carbonyl (C=O) groups is 2. The summed E-state index contributed by atoms with van der Waals surface area (Å²) in [6, 6.07) is -0.953. The Hall–Kier alpha value is -1.52. The molecule has 5 heteroatoms. The van der Waals surface area contributed by atoms with E-state index < -0.39 is 23.7 Å². The van der Waals surface area contributed by atoms with E-state index in [4.69, 9.17) is 9.84 Å². The maximum Gasteiger partial charge on any atom is 0.408 e. The minimum Gasteiger partial charge on any atom is -0.480 e. The highest BCUT2D eigenvalue weighted by molar-refractivity contribution is 5.80. The summed E-state index contributed by atoms with van der Waals surface area (Å²) >= 11 is 0. The van der Waals surface area contributed by atoms with Gasteiger partial charge in [0, 0.05) is 0 Å². The van der Waals surface area contributed by atoms with Crippen LogP contribution in [0, 0.1) is 0 Å². The van der Waals surface area contributed by atoms with Crippen molar-refractivity contribution in [2.24, 2.45) is 0 Å².